The van der Waals surface area contributed by atoms with Gasteiger partial charge in [0.2, 0.25) is 11.8 Å². The second kappa shape index (κ2) is 7.63. The molecule has 3 amide bonds. The van der Waals surface area contributed by atoms with Crippen LogP contribution in [-0.4, -0.2) is 71.4 Å². The summed E-state index contributed by atoms with van der Waals surface area (Å²) in [6.45, 7) is 7.20. The Kier molecular flexibility index (Phi) is 6.44. The Morgan fingerprint density at radius 1 is 1.10 bits per heavy atom. The maximum absolute atomic E-state index is 11.9. The van der Waals surface area contributed by atoms with Gasteiger partial charge in [0, 0.05) is 26.2 Å². The number of hydrogen-bond donors (Lipinski definition) is 1. The zero-order valence-electron chi connectivity index (χ0n) is 12.6. The molecule has 0 saturated carbocycles. The van der Waals surface area contributed by atoms with Crippen molar-refractivity contribution in [2.24, 2.45) is 0 Å². The third kappa shape index (κ3) is 6.33. The van der Waals surface area contributed by atoms with Gasteiger partial charge < -0.3 is 19.9 Å². The number of carbonyl (C=O) groups is 3. The summed E-state index contributed by atoms with van der Waals surface area (Å²) in [6, 6.07) is 0. The van der Waals surface area contributed by atoms with E-state index in [0.29, 0.717) is 26.2 Å². The zero-order chi connectivity index (χ0) is 16.0. The van der Waals surface area contributed by atoms with Crippen molar-refractivity contribution in [3.63, 3.8) is 0 Å². The minimum absolute atomic E-state index is 0.0170. The van der Waals surface area contributed by atoms with Crippen molar-refractivity contribution in [3.05, 3.63) is 0 Å². The molecule has 1 N–H and O–H groups in total. The highest BCUT2D eigenvalue weighted by Crippen LogP contribution is 2.11. The van der Waals surface area contributed by atoms with E-state index in [2.05, 4.69) is 21.2 Å². The average molecular weight is 364 g/mol. The van der Waals surface area contributed by atoms with Gasteiger partial charge >= 0.3 is 6.09 Å². The van der Waals surface area contributed by atoms with E-state index < -0.39 is 5.60 Å². The van der Waals surface area contributed by atoms with Crippen LogP contribution in [0.25, 0.3) is 0 Å². The summed E-state index contributed by atoms with van der Waals surface area (Å²) in [6.07, 6.45) is -0.359. The second-order valence-electron chi connectivity index (χ2n) is 5.76. The van der Waals surface area contributed by atoms with Gasteiger partial charge in [0.25, 0.3) is 0 Å². The van der Waals surface area contributed by atoms with Gasteiger partial charge in [-0.05, 0) is 20.8 Å². The summed E-state index contributed by atoms with van der Waals surface area (Å²) in [7, 11) is 0. The van der Waals surface area contributed by atoms with Crippen LogP contribution < -0.4 is 5.32 Å². The number of halogens is 1. The molecule has 1 aliphatic heterocycles. The quantitative estimate of drug-likeness (QED) is 0.743. The van der Waals surface area contributed by atoms with Crippen LogP contribution in [0.1, 0.15) is 20.8 Å². The molecule has 1 fully saturated rings. The molecule has 0 aliphatic carbocycles. The van der Waals surface area contributed by atoms with Gasteiger partial charge in [-0.3, -0.25) is 9.59 Å². The van der Waals surface area contributed by atoms with E-state index in [1.165, 1.54) is 0 Å². The largest absolute Gasteiger partial charge is 0.444 e. The monoisotopic (exact) mass is 363 g/mol. The third-order valence-corrected chi connectivity index (χ3v) is 3.35. The first-order valence-electron chi connectivity index (χ1n) is 6.81. The Morgan fingerprint density at radius 2 is 1.62 bits per heavy atom. The summed E-state index contributed by atoms with van der Waals surface area (Å²) < 4.78 is 5.29. The Hall–Kier alpha value is -1.31. The molecular weight excluding hydrogens is 342 g/mol. The molecule has 8 heteroatoms. The van der Waals surface area contributed by atoms with Crippen LogP contribution in [0.5, 0.6) is 0 Å². The highest BCUT2D eigenvalue weighted by Gasteiger charge is 2.27. The average Bonchev–Trinajstić information content (AvgIpc) is 2.42. The van der Waals surface area contributed by atoms with Gasteiger partial charge in [-0.1, -0.05) is 15.9 Å². The molecule has 0 radical (unpaired) electrons. The van der Waals surface area contributed by atoms with Gasteiger partial charge in [-0.2, -0.15) is 0 Å². The van der Waals surface area contributed by atoms with Crippen molar-refractivity contribution in [2.45, 2.75) is 26.4 Å². The maximum atomic E-state index is 11.9. The predicted molar refractivity (Wildman–Crippen MR) is 81.2 cm³/mol. The van der Waals surface area contributed by atoms with Crippen molar-refractivity contribution in [3.8, 4) is 0 Å². The Morgan fingerprint density at radius 3 is 2.10 bits per heavy atom. The third-order valence-electron chi connectivity index (χ3n) is 2.84. The van der Waals surface area contributed by atoms with Crippen molar-refractivity contribution in [2.75, 3.05) is 38.1 Å². The molecule has 0 unspecified atom stereocenters. The minimum Gasteiger partial charge on any atom is -0.444 e. The molecule has 120 valence electrons. The van der Waals surface area contributed by atoms with Gasteiger partial charge in [0.15, 0.2) is 0 Å². The molecule has 7 nitrogen and oxygen atoms in total. The van der Waals surface area contributed by atoms with Crippen molar-refractivity contribution in [1.82, 2.24) is 15.1 Å². The Bertz CT molecular complexity index is 401. The number of alkyl halides is 1. The molecule has 0 atom stereocenters. The fourth-order valence-electron chi connectivity index (χ4n) is 1.80. The summed E-state index contributed by atoms with van der Waals surface area (Å²) in [5.41, 5.74) is -0.524. The van der Waals surface area contributed by atoms with Gasteiger partial charge in [-0.25, -0.2) is 4.79 Å². The lowest BCUT2D eigenvalue weighted by Crippen LogP contribution is -2.53. The van der Waals surface area contributed by atoms with Crippen LogP contribution in [0.3, 0.4) is 0 Å². The lowest BCUT2D eigenvalue weighted by atomic mass is 10.2. The molecule has 0 aromatic rings. The molecule has 0 aromatic carbocycles. The fraction of sp³-hybridized carbons (Fsp3) is 0.769. The first kappa shape index (κ1) is 17.7. The predicted octanol–water partition coefficient (Wildman–Crippen LogP) is 0.577. The lowest BCUT2D eigenvalue weighted by Gasteiger charge is -2.35. The number of amides is 3. The van der Waals surface area contributed by atoms with E-state index >= 15 is 0 Å². The summed E-state index contributed by atoms with van der Waals surface area (Å²) >= 11 is 3.01. The highest BCUT2D eigenvalue weighted by atomic mass is 79.9. The van der Waals surface area contributed by atoms with Crippen molar-refractivity contribution < 1.29 is 19.1 Å². The summed E-state index contributed by atoms with van der Waals surface area (Å²) in [5, 5.41) is 2.69. The van der Waals surface area contributed by atoms with Gasteiger partial charge in [0.1, 0.15) is 5.60 Å². The number of ether oxygens (including phenoxy) is 1. The number of hydrogen-bond acceptors (Lipinski definition) is 4. The number of rotatable bonds is 3. The molecule has 1 aliphatic rings. The van der Waals surface area contributed by atoms with Crippen LogP contribution in [0.4, 0.5) is 4.79 Å². The van der Waals surface area contributed by atoms with E-state index in [1.807, 2.05) is 20.8 Å². The molecule has 21 heavy (non-hydrogen) atoms. The highest BCUT2D eigenvalue weighted by molar-refractivity contribution is 9.09. The number of nitrogens with zero attached hydrogens (tertiary/aromatic N) is 2. The van der Waals surface area contributed by atoms with Crippen molar-refractivity contribution in [1.29, 1.82) is 0 Å². The first-order chi connectivity index (χ1) is 9.73. The molecule has 1 heterocycles. The second-order valence-corrected chi connectivity index (χ2v) is 6.32. The SMILES string of the molecule is CC(C)(C)OC(=O)N1CCN(C(=O)CNC(=O)CBr)CC1. The van der Waals surface area contributed by atoms with Crippen LogP contribution in [0.2, 0.25) is 0 Å². The van der Waals surface area contributed by atoms with Gasteiger partial charge in [-0.15, -0.1) is 0 Å². The number of piperazine rings is 1. The van der Waals surface area contributed by atoms with E-state index in [1.54, 1.807) is 9.80 Å². The number of carbonyl (C=O) groups excluding carboxylic acids is 3. The zero-order valence-corrected chi connectivity index (χ0v) is 14.2. The minimum atomic E-state index is -0.524. The first-order valence-corrected chi connectivity index (χ1v) is 7.93. The molecule has 0 bridgehead atoms. The smallest absolute Gasteiger partial charge is 0.410 e. The Labute approximate surface area is 133 Å². The standard InChI is InChI=1S/C13H22BrN3O4/c1-13(2,3)21-12(20)17-6-4-16(5-7-17)11(19)9-15-10(18)8-14/h4-9H2,1-3H3,(H,15,18). The topological polar surface area (TPSA) is 79.0 Å². The van der Waals surface area contributed by atoms with E-state index in [4.69, 9.17) is 4.74 Å². The Balaban J connectivity index is 2.36. The molecule has 0 spiro atoms. The molecule has 0 aromatic heterocycles. The molecule has 1 rings (SSSR count). The summed E-state index contributed by atoms with van der Waals surface area (Å²) in [4.78, 5) is 38.1. The van der Waals surface area contributed by atoms with Crippen LogP contribution in [0.15, 0.2) is 0 Å². The van der Waals surface area contributed by atoms with Crippen molar-refractivity contribution >= 4 is 33.8 Å². The summed E-state index contributed by atoms with van der Waals surface area (Å²) in [5.74, 6) is -0.371. The number of nitrogens with one attached hydrogen (secondary N) is 1. The van der Waals surface area contributed by atoms with Crippen LogP contribution in [-0.2, 0) is 14.3 Å². The van der Waals surface area contributed by atoms with E-state index in [-0.39, 0.29) is 29.8 Å². The molecular formula is C13H22BrN3O4. The van der Waals surface area contributed by atoms with Crippen LogP contribution in [0, 0.1) is 0 Å². The molecule has 1 saturated heterocycles. The van der Waals surface area contributed by atoms with Crippen LogP contribution >= 0.6 is 15.9 Å². The van der Waals surface area contributed by atoms with E-state index in [9.17, 15) is 14.4 Å². The van der Waals surface area contributed by atoms with Gasteiger partial charge in [0.05, 0.1) is 11.9 Å². The van der Waals surface area contributed by atoms with E-state index in [0.717, 1.165) is 0 Å². The maximum Gasteiger partial charge on any atom is 0.410 e. The lowest BCUT2D eigenvalue weighted by molar-refractivity contribution is -0.133. The fourth-order valence-corrected chi connectivity index (χ4v) is 2.00. The normalized spacial score (nSPS) is 15.6.